The molecule has 0 saturated carbocycles. The van der Waals surface area contributed by atoms with Crippen molar-refractivity contribution in [2.45, 2.75) is 39.5 Å². The number of carbonyl (C=O) groups is 2. The Labute approximate surface area is 229 Å². The topological polar surface area (TPSA) is 86.2 Å². The quantitative estimate of drug-likeness (QED) is 0.211. The van der Waals surface area contributed by atoms with Gasteiger partial charge in [-0.05, 0) is 90.9 Å². The highest BCUT2D eigenvalue weighted by molar-refractivity contribution is 9.10. The van der Waals surface area contributed by atoms with Gasteiger partial charge in [-0.25, -0.2) is 9.79 Å². The molecule has 9 heteroatoms. The van der Waals surface area contributed by atoms with E-state index in [0.29, 0.717) is 33.1 Å². The van der Waals surface area contributed by atoms with Crippen molar-refractivity contribution < 1.29 is 23.8 Å². The summed E-state index contributed by atoms with van der Waals surface area (Å²) in [6.07, 6.45) is 5.75. The van der Waals surface area contributed by atoms with E-state index in [-0.39, 0.29) is 19.1 Å². The van der Waals surface area contributed by atoms with Crippen LogP contribution in [0.1, 0.15) is 53.1 Å². The number of hydrogen-bond donors (Lipinski definition) is 1. The summed E-state index contributed by atoms with van der Waals surface area (Å²) < 4.78 is 17.0. The zero-order valence-corrected chi connectivity index (χ0v) is 23.2. The number of carbonyl (C=O) groups excluding carboxylic acids is 2. The van der Waals surface area contributed by atoms with Gasteiger partial charge in [-0.15, -0.1) is 11.3 Å². The molecule has 0 saturated heterocycles. The molecule has 37 heavy (non-hydrogen) atoms. The summed E-state index contributed by atoms with van der Waals surface area (Å²) in [6.45, 7) is 4.10. The molecule has 7 nitrogen and oxygen atoms in total. The molecule has 1 aliphatic carbocycles. The monoisotopic (exact) mass is 584 g/mol. The van der Waals surface area contributed by atoms with E-state index in [2.05, 4.69) is 21.2 Å². The fraction of sp³-hybridized carbons (Fsp3) is 0.321. The van der Waals surface area contributed by atoms with E-state index in [1.165, 1.54) is 4.88 Å². The minimum atomic E-state index is -0.453. The lowest BCUT2D eigenvalue weighted by Gasteiger charge is -2.14. The summed E-state index contributed by atoms with van der Waals surface area (Å²) in [4.78, 5) is 31.1. The molecule has 194 valence electrons. The van der Waals surface area contributed by atoms with Crippen molar-refractivity contribution in [2.75, 3.05) is 25.1 Å². The smallest absolute Gasteiger partial charge is 0.344 e. The first-order chi connectivity index (χ1) is 18.0. The van der Waals surface area contributed by atoms with Crippen LogP contribution in [0.3, 0.4) is 0 Å². The number of ether oxygens (including phenoxy) is 3. The second-order valence-electron chi connectivity index (χ2n) is 8.33. The van der Waals surface area contributed by atoms with Gasteiger partial charge in [0.2, 0.25) is 0 Å². The highest BCUT2D eigenvalue weighted by Crippen LogP contribution is 2.41. The Morgan fingerprint density at radius 3 is 2.62 bits per heavy atom. The summed E-state index contributed by atoms with van der Waals surface area (Å²) >= 11 is 5.10. The van der Waals surface area contributed by atoms with Crippen molar-refractivity contribution in [3.8, 4) is 11.5 Å². The van der Waals surface area contributed by atoms with Gasteiger partial charge < -0.3 is 19.5 Å². The first-order valence-corrected chi connectivity index (χ1v) is 13.9. The van der Waals surface area contributed by atoms with Gasteiger partial charge in [-0.3, -0.25) is 4.79 Å². The van der Waals surface area contributed by atoms with Crippen molar-refractivity contribution in [2.24, 2.45) is 4.99 Å². The maximum absolute atomic E-state index is 13.3. The average Bonchev–Trinajstić information content (AvgIpc) is 3.26. The van der Waals surface area contributed by atoms with Gasteiger partial charge in [-0.1, -0.05) is 18.2 Å². The molecule has 1 amide bonds. The van der Waals surface area contributed by atoms with Crippen LogP contribution in [0.15, 0.2) is 51.9 Å². The number of nitrogens with zero attached hydrogens (tertiary/aromatic N) is 1. The number of fused-ring (bicyclic) bond motifs is 1. The highest BCUT2D eigenvalue weighted by atomic mass is 79.9. The summed E-state index contributed by atoms with van der Waals surface area (Å²) in [6, 6.07) is 13.1. The molecule has 1 aromatic heterocycles. The van der Waals surface area contributed by atoms with Gasteiger partial charge in [0.15, 0.2) is 18.1 Å². The number of thiophene rings is 1. The number of amides is 1. The van der Waals surface area contributed by atoms with Crippen LogP contribution in [0.25, 0.3) is 0 Å². The lowest BCUT2D eigenvalue weighted by atomic mass is 9.95. The second-order valence-corrected chi connectivity index (χ2v) is 10.3. The molecule has 1 heterocycles. The van der Waals surface area contributed by atoms with Gasteiger partial charge in [0, 0.05) is 16.8 Å². The molecule has 0 radical (unpaired) electrons. The van der Waals surface area contributed by atoms with Gasteiger partial charge >= 0.3 is 5.97 Å². The van der Waals surface area contributed by atoms with Gasteiger partial charge in [-0.2, -0.15) is 0 Å². The van der Waals surface area contributed by atoms with E-state index in [9.17, 15) is 9.59 Å². The lowest BCUT2D eigenvalue weighted by molar-refractivity contribution is -0.145. The number of aryl methyl sites for hydroxylation is 1. The standard InChI is InChI=1S/C28H29BrN2O5S/c1-3-34-22-15-18(14-21(29)26(22)36-17-24(32)35-4-2)16-30-28-25(20-12-8-9-13-23(20)37-28)27(33)31-19-10-6-5-7-11-19/h5-7,10-11,14-16H,3-4,8-9,12-13,17H2,1-2H3,(H,31,33). The Bertz CT molecular complexity index is 1290. The zero-order valence-electron chi connectivity index (χ0n) is 20.8. The fourth-order valence-electron chi connectivity index (χ4n) is 4.12. The molecule has 0 unspecified atom stereocenters. The number of halogens is 1. The van der Waals surface area contributed by atoms with E-state index in [1.54, 1.807) is 30.5 Å². The van der Waals surface area contributed by atoms with Crippen LogP contribution in [0.4, 0.5) is 10.7 Å². The van der Waals surface area contributed by atoms with Gasteiger partial charge in [0.05, 0.1) is 23.2 Å². The third-order valence-corrected chi connectivity index (χ3v) is 7.50. The molecule has 0 atom stereocenters. The number of anilines is 1. The van der Waals surface area contributed by atoms with Crippen LogP contribution in [-0.2, 0) is 22.4 Å². The number of aliphatic imine (C=N–C) groups is 1. The first-order valence-electron chi connectivity index (χ1n) is 12.3. The van der Waals surface area contributed by atoms with Crippen LogP contribution in [0, 0.1) is 0 Å². The van der Waals surface area contributed by atoms with Crippen molar-refractivity contribution in [1.29, 1.82) is 0 Å². The predicted molar refractivity (Wildman–Crippen MR) is 150 cm³/mol. The largest absolute Gasteiger partial charge is 0.490 e. The molecular formula is C28H29BrN2O5S. The highest BCUT2D eigenvalue weighted by Gasteiger charge is 2.25. The molecule has 1 N–H and O–H groups in total. The molecule has 1 aliphatic rings. The minimum Gasteiger partial charge on any atom is -0.490 e. The third kappa shape index (κ3) is 6.78. The lowest BCUT2D eigenvalue weighted by Crippen LogP contribution is -2.15. The van der Waals surface area contributed by atoms with E-state index in [0.717, 1.165) is 42.5 Å². The Morgan fingerprint density at radius 2 is 1.86 bits per heavy atom. The molecule has 0 spiro atoms. The second kappa shape index (κ2) is 12.9. The van der Waals surface area contributed by atoms with Crippen LogP contribution in [0.2, 0.25) is 0 Å². The number of esters is 1. The van der Waals surface area contributed by atoms with Crippen LogP contribution in [0.5, 0.6) is 11.5 Å². The van der Waals surface area contributed by atoms with Crippen LogP contribution >= 0.6 is 27.3 Å². The molecule has 0 fully saturated rings. The Balaban J connectivity index is 1.62. The predicted octanol–water partition coefficient (Wildman–Crippen LogP) is 6.73. The summed E-state index contributed by atoms with van der Waals surface area (Å²) in [5.41, 5.74) is 3.27. The van der Waals surface area contributed by atoms with E-state index < -0.39 is 5.97 Å². The molecular weight excluding hydrogens is 556 g/mol. The SMILES string of the molecule is CCOC(=O)COc1c(Br)cc(C=Nc2sc3c(c2C(=O)Nc2ccccc2)CCCC3)cc1OCC. The van der Waals surface area contributed by atoms with E-state index in [4.69, 9.17) is 19.2 Å². The normalized spacial score (nSPS) is 12.7. The number of para-hydroxylation sites is 1. The van der Waals surface area contributed by atoms with Gasteiger partial charge in [0.25, 0.3) is 5.91 Å². The van der Waals surface area contributed by atoms with Crippen molar-refractivity contribution >= 4 is 56.0 Å². The molecule has 4 rings (SSSR count). The van der Waals surface area contributed by atoms with Crippen LogP contribution < -0.4 is 14.8 Å². The van der Waals surface area contributed by atoms with Crippen LogP contribution in [-0.4, -0.2) is 37.9 Å². The first kappa shape index (κ1) is 26.9. The molecule has 3 aromatic rings. The molecule has 0 aliphatic heterocycles. The Morgan fingerprint density at radius 1 is 1.08 bits per heavy atom. The summed E-state index contributed by atoms with van der Waals surface area (Å²) in [7, 11) is 0. The van der Waals surface area contributed by atoms with Gasteiger partial charge in [0.1, 0.15) is 5.00 Å². The maximum atomic E-state index is 13.3. The molecule has 2 aromatic carbocycles. The van der Waals surface area contributed by atoms with E-state index in [1.807, 2.05) is 43.3 Å². The average molecular weight is 586 g/mol. The maximum Gasteiger partial charge on any atom is 0.344 e. The third-order valence-electron chi connectivity index (χ3n) is 5.71. The number of rotatable bonds is 10. The van der Waals surface area contributed by atoms with E-state index >= 15 is 0 Å². The van der Waals surface area contributed by atoms with Crippen molar-refractivity contribution in [3.63, 3.8) is 0 Å². The van der Waals surface area contributed by atoms with Crippen molar-refractivity contribution in [1.82, 2.24) is 0 Å². The Kier molecular flexibility index (Phi) is 9.35. The molecule has 0 bridgehead atoms. The minimum absolute atomic E-state index is 0.142. The fourth-order valence-corrected chi connectivity index (χ4v) is 5.93. The Hall–Kier alpha value is -3.17. The number of benzene rings is 2. The summed E-state index contributed by atoms with van der Waals surface area (Å²) in [5, 5.41) is 3.71. The summed E-state index contributed by atoms with van der Waals surface area (Å²) in [5.74, 6) is 0.304. The zero-order chi connectivity index (χ0) is 26.2. The number of hydrogen-bond acceptors (Lipinski definition) is 7. The van der Waals surface area contributed by atoms with Crippen molar-refractivity contribution in [3.05, 3.63) is 68.5 Å². The number of nitrogens with one attached hydrogen (secondary N) is 1.